The highest BCUT2D eigenvalue weighted by molar-refractivity contribution is 7.99. The van der Waals surface area contributed by atoms with E-state index in [1.165, 1.54) is 34.2 Å². The van der Waals surface area contributed by atoms with Crippen molar-refractivity contribution in [3.8, 4) is 23.1 Å². The van der Waals surface area contributed by atoms with Gasteiger partial charge in [0.15, 0.2) is 11.0 Å². The van der Waals surface area contributed by atoms with E-state index >= 15 is 0 Å². The van der Waals surface area contributed by atoms with E-state index in [0.717, 1.165) is 34.3 Å². The summed E-state index contributed by atoms with van der Waals surface area (Å²) in [5, 5.41) is 31.0. The molecule has 7 nitrogen and oxygen atoms in total. The summed E-state index contributed by atoms with van der Waals surface area (Å²) in [6.07, 6.45) is 5.19. The molecule has 5 rings (SSSR count). The monoisotopic (exact) mass is 524 g/mol. The third kappa shape index (κ3) is 4.86. The number of thioether (sulfide) groups is 1. The first-order chi connectivity index (χ1) is 18.1. The number of pyridine rings is 1. The molecule has 0 spiro atoms. The molecule has 0 radical (unpaired) electrons. The first kappa shape index (κ1) is 24.7. The smallest absolute Gasteiger partial charge is 0.196 e. The molecule has 2 aromatic carbocycles. The summed E-state index contributed by atoms with van der Waals surface area (Å²) in [5.74, 6) is 0.796. The van der Waals surface area contributed by atoms with Crippen LogP contribution in [0.2, 0.25) is 0 Å². The van der Waals surface area contributed by atoms with Gasteiger partial charge in [-0.15, -0.1) is 21.5 Å². The lowest BCUT2D eigenvalue weighted by Crippen LogP contribution is -2.07. The Morgan fingerprint density at radius 1 is 1.03 bits per heavy atom. The van der Waals surface area contributed by atoms with E-state index in [9.17, 15) is 10.4 Å². The second kappa shape index (κ2) is 10.9. The number of allylic oxidation sites excluding steroid dienone is 1. The van der Waals surface area contributed by atoms with Crippen LogP contribution in [-0.2, 0) is 12.8 Å². The van der Waals surface area contributed by atoms with Crippen LogP contribution in [0, 0.1) is 11.3 Å². The van der Waals surface area contributed by atoms with Crippen LogP contribution < -0.4 is 0 Å². The lowest BCUT2D eigenvalue weighted by molar-refractivity contribution is 0.420. The maximum Gasteiger partial charge on any atom is 0.196 e. The zero-order valence-corrected chi connectivity index (χ0v) is 22.1. The number of nitrogens with zero attached hydrogens (tertiary/aromatic N) is 6. The Hall–Kier alpha value is -4.00. The van der Waals surface area contributed by atoms with E-state index in [0.29, 0.717) is 16.0 Å². The maximum atomic E-state index is 11.0. The fourth-order valence-corrected chi connectivity index (χ4v) is 5.97. The molecule has 1 N–H and O–H groups in total. The van der Waals surface area contributed by atoms with Gasteiger partial charge < -0.3 is 5.11 Å². The standard InChI is InChI=1S/C28H24N6OS2/c1-3-18-9-7-10-19(4-2)25(18)34-26(20-11-8-14-30-16-20)32-33-28(34)36-17-23(35)21(15-29)27-31-22-12-5-6-13-24(22)37-27/h5-14,16,35H,3-4,17H2,1-2H3. The van der Waals surface area contributed by atoms with Gasteiger partial charge >= 0.3 is 0 Å². The minimum Gasteiger partial charge on any atom is -0.510 e. The summed E-state index contributed by atoms with van der Waals surface area (Å²) in [6.45, 7) is 4.26. The number of aliphatic hydroxyl groups excluding tert-OH is 1. The number of para-hydroxylation sites is 2. The lowest BCUT2D eigenvalue weighted by Gasteiger charge is -2.18. The number of benzene rings is 2. The van der Waals surface area contributed by atoms with Gasteiger partial charge in [0, 0.05) is 18.0 Å². The van der Waals surface area contributed by atoms with Crippen LogP contribution in [0.5, 0.6) is 0 Å². The van der Waals surface area contributed by atoms with Gasteiger partial charge in [-0.2, -0.15) is 5.26 Å². The third-order valence-corrected chi connectivity index (χ3v) is 7.98. The molecule has 184 valence electrons. The second-order valence-corrected chi connectivity index (χ2v) is 10.2. The molecule has 0 aliphatic carbocycles. The van der Waals surface area contributed by atoms with Gasteiger partial charge in [0.25, 0.3) is 0 Å². The molecule has 0 aliphatic rings. The van der Waals surface area contributed by atoms with Crippen LogP contribution in [0.1, 0.15) is 30.0 Å². The van der Waals surface area contributed by atoms with Crippen molar-refractivity contribution in [2.45, 2.75) is 31.8 Å². The highest BCUT2D eigenvalue weighted by Crippen LogP contribution is 2.34. The summed E-state index contributed by atoms with van der Waals surface area (Å²) in [5.41, 5.74) is 5.24. The van der Waals surface area contributed by atoms with E-state index < -0.39 is 0 Å². The van der Waals surface area contributed by atoms with Crippen molar-refractivity contribution in [1.82, 2.24) is 24.7 Å². The molecule has 0 saturated carbocycles. The highest BCUT2D eigenvalue weighted by Gasteiger charge is 2.22. The number of hydrogen-bond donors (Lipinski definition) is 1. The van der Waals surface area contributed by atoms with Crippen molar-refractivity contribution >= 4 is 38.9 Å². The summed E-state index contributed by atoms with van der Waals surface area (Å²) in [4.78, 5) is 8.82. The molecule has 3 aromatic heterocycles. The molecule has 0 aliphatic heterocycles. The van der Waals surface area contributed by atoms with Gasteiger partial charge in [-0.3, -0.25) is 9.55 Å². The number of aliphatic hydroxyl groups is 1. The van der Waals surface area contributed by atoms with Crippen molar-refractivity contribution in [1.29, 1.82) is 5.26 Å². The number of aromatic nitrogens is 5. The van der Waals surface area contributed by atoms with Crippen LogP contribution in [-0.4, -0.2) is 35.6 Å². The van der Waals surface area contributed by atoms with Crippen molar-refractivity contribution in [3.63, 3.8) is 0 Å². The van der Waals surface area contributed by atoms with Gasteiger partial charge in [0.1, 0.15) is 22.4 Å². The lowest BCUT2D eigenvalue weighted by atomic mass is 10.0. The predicted molar refractivity (Wildman–Crippen MR) is 149 cm³/mol. The SMILES string of the molecule is CCc1cccc(CC)c1-n1c(SCC(O)=C(C#N)c2nc3ccccc3s2)nnc1-c1cccnc1. The molecule has 37 heavy (non-hydrogen) atoms. The topological polar surface area (TPSA) is 101 Å². The van der Waals surface area contributed by atoms with Gasteiger partial charge in [-0.25, -0.2) is 4.98 Å². The van der Waals surface area contributed by atoms with Crippen LogP contribution in [0.4, 0.5) is 0 Å². The Morgan fingerprint density at radius 3 is 2.49 bits per heavy atom. The minimum absolute atomic E-state index is 0.0384. The number of hydrogen-bond acceptors (Lipinski definition) is 8. The fourth-order valence-electron chi connectivity index (χ4n) is 4.17. The normalized spacial score (nSPS) is 11.9. The van der Waals surface area contributed by atoms with Crippen LogP contribution in [0.3, 0.4) is 0 Å². The van der Waals surface area contributed by atoms with Gasteiger partial charge in [0.2, 0.25) is 0 Å². The summed E-state index contributed by atoms with van der Waals surface area (Å²) in [6, 6.07) is 20.0. The molecule has 0 amide bonds. The Labute approximate surface area is 223 Å². The first-order valence-electron chi connectivity index (χ1n) is 11.9. The Bertz CT molecular complexity index is 1580. The quantitative estimate of drug-likeness (QED) is 0.138. The summed E-state index contributed by atoms with van der Waals surface area (Å²) in [7, 11) is 0. The first-order valence-corrected chi connectivity index (χ1v) is 13.7. The minimum atomic E-state index is -0.0384. The van der Waals surface area contributed by atoms with Crippen LogP contribution in [0.15, 0.2) is 77.9 Å². The number of fused-ring (bicyclic) bond motifs is 1. The van der Waals surface area contributed by atoms with Crippen molar-refractivity contribution < 1.29 is 5.11 Å². The Balaban J connectivity index is 1.57. The van der Waals surface area contributed by atoms with Crippen LogP contribution in [0.25, 0.3) is 32.9 Å². The molecule has 5 aromatic rings. The van der Waals surface area contributed by atoms with E-state index in [-0.39, 0.29) is 17.1 Å². The molecule has 0 bridgehead atoms. The number of nitriles is 1. The Morgan fingerprint density at radius 2 is 1.81 bits per heavy atom. The van der Waals surface area contributed by atoms with E-state index in [1.807, 2.05) is 36.4 Å². The second-order valence-electron chi connectivity index (χ2n) is 8.22. The molecule has 0 saturated heterocycles. The average Bonchev–Trinajstić information content (AvgIpc) is 3.56. The summed E-state index contributed by atoms with van der Waals surface area (Å²) >= 11 is 2.73. The predicted octanol–water partition coefficient (Wildman–Crippen LogP) is 6.65. The maximum absolute atomic E-state index is 11.0. The van der Waals surface area contributed by atoms with Crippen molar-refractivity contribution in [2.75, 3.05) is 5.75 Å². The van der Waals surface area contributed by atoms with Gasteiger partial charge in [0.05, 0.1) is 21.7 Å². The van der Waals surface area contributed by atoms with E-state index in [1.54, 1.807) is 12.4 Å². The fraction of sp³-hybridized carbons (Fsp3) is 0.179. The highest BCUT2D eigenvalue weighted by atomic mass is 32.2. The van der Waals surface area contributed by atoms with Gasteiger partial charge in [-0.05, 0) is 48.2 Å². The zero-order chi connectivity index (χ0) is 25.8. The third-order valence-electron chi connectivity index (χ3n) is 5.99. The van der Waals surface area contributed by atoms with E-state index in [2.05, 4.69) is 62.8 Å². The largest absolute Gasteiger partial charge is 0.510 e. The Kier molecular flexibility index (Phi) is 7.30. The molecule has 3 heterocycles. The molecular weight excluding hydrogens is 500 g/mol. The average molecular weight is 525 g/mol. The summed E-state index contributed by atoms with van der Waals surface area (Å²) < 4.78 is 3.02. The number of aryl methyl sites for hydroxylation is 2. The van der Waals surface area contributed by atoms with Crippen molar-refractivity contribution in [3.05, 3.63) is 88.9 Å². The molecule has 0 atom stereocenters. The van der Waals surface area contributed by atoms with Crippen molar-refractivity contribution in [2.24, 2.45) is 0 Å². The number of rotatable bonds is 8. The molecular formula is C28H24N6OS2. The molecule has 0 unspecified atom stereocenters. The van der Waals surface area contributed by atoms with Crippen LogP contribution >= 0.6 is 23.1 Å². The van der Waals surface area contributed by atoms with E-state index in [4.69, 9.17) is 0 Å². The van der Waals surface area contributed by atoms with Gasteiger partial charge in [-0.1, -0.05) is 55.9 Å². The molecule has 0 fully saturated rings. The zero-order valence-electron chi connectivity index (χ0n) is 20.4. The number of thiazole rings is 1. The molecule has 9 heteroatoms.